The van der Waals surface area contributed by atoms with Crippen LogP contribution in [0.1, 0.15) is 51.1 Å². The molecular weight excluding hydrogens is 342 g/mol. The van der Waals surface area contributed by atoms with E-state index in [2.05, 4.69) is 35.0 Å². The van der Waals surface area contributed by atoms with Crippen LogP contribution in [0, 0.1) is 11.8 Å². The van der Waals surface area contributed by atoms with E-state index in [1.807, 2.05) is 17.0 Å². The molecule has 27 heavy (non-hydrogen) atoms. The van der Waals surface area contributed by atoms with Crippen LogP contribution in [0.3, 0.4) is 0 Å². The molecule has 2 saturated heterocycles. The summed E-state index contributed by atoms with van der Waals surface area (Å²) >= 11 is 0. The van der Waals surface area contributed by atoms with Crippen molar-refractivity contribution in [2.45, 2.75) is 51.6 Å². The predicted molar refractivity (Wildman–Crippen MR) is 103 cm³/mol. The zero-order valence-corrected chi connectivity index (χ0v) is 16.3. The smallest absolute Gasteiger partial charge is 0.241 e. The summed E-state index contributed by atoms with van der Waals surface area (Å²) in [6.07, 6.45) is 6.74. The van der Waals surface area contributed by atoms with Gasteiger partial charge in [0.25, 0.3) is 0 Å². The van der Waals surface area contributed by atoms with Crippen molar-refractivity contribution in [1.29, 1.82) is 0 Å². The number of hydrogen-bond donors (Lipinski definition) is 3. The topological polar surface area (TPSA) is 86.4 Å². The van der Waals surface area contributed by atoms with E-state index in [9.17, 15) is 9.59 Å². The molecule has 0 spiro atoms. The van der Waals surface area contributed by atoms with Crippen LogP contribution in [-0.2, 0) is 9.59 Å². The van der Waals surface area contributed by atoms with E-state index >= 15 is 0 Å². The molecular formula is C20H31N5O2. The Morgan fingerprint density at radius 1 is 1.22 bits per heavy atom. The van der Waals surface area contributed by atoms with Crippen molar-refractivity contribution in [2.75, 3.05) is 19.6 Å². The number of hydrogen-bond acceptors (Lipinski definition) is 5. The number of rotatable bonds is 6. The number of pyridine rings is 1. The summed E-state index contributed by atoms with van der Waals surface area (Å²) in [5, 5.41) is 3.04. The highest BCUT2D eigenvalue weighted by molar-refractivity contribution is 5.83. The standard InChI is InChI=1S/C20H31N5O2/c1-14(2)3-10-22-19(26)16-6-11-25(12-7-16)20(27)18-13-17(23-24-18)15-4-8-21-9-5-15/h4-5,8-9,14,16-18,23-24H,3,6-7,10-13H2,1-2H3,(H,22,26). The van der Waals surface area contributed by atoms with Crippen LogP contribution in [0.4, 0.5) is 0 Å². The van der Waals surface area contributed by atoms with Gasteiger partial charge in [0, 0.05) is 44.0 Å². The number of hydrazine groups is 1. The third-order valence-corrected chi connectivity index (χ3v) is 5.51. The van der Waals surface area contributed by atoms with Crippen molar-refractivity contribution in [3.05, 3.63) is 30.1 Å². The summed E-state index contributed by atoms with van der Waals surface area (Å²) in [7, 11) is 0. The molecule has 3 heterocycles. The Bertz CT molecular complexity index is 629. The summed E-state index contributed by atoms with van der Waals surface area (Å²) in [5.74, 6) is 0.882. The molecule has 7 heteroatoms. The van der Waals surface area contributed by atoms with Gasteiger partial charge in [-0.1, -0.05) is 13.8 Å². The van der Waals surface area contributed by atoms with Crippen LogP contribution in [0.15, 0.2) is 24.5 Å². The van der Waals surface area contributed by atoms with Crippen LogP contribution in [0.2, 0.25) is 0 Å². The Morgan fingerprint density at radius 3 is 2.59 bits per heavy atom. The fourth-order valence-electron chi connectivity index (χ4n) is 3.74. The average Bonchev–Trinajstić information content (AvgIpc) is 3.18. The molecule has 3 N–H and O–H groups in total. The zero-order chi connectivity index (χ0) is 19.2. The Balaban J connectivity index is 1.43. The molecule has 2 fully saturated rings. The fourth-order valence-corrected chi connectivity index (χ4v) is 3.74. The third-order valence-electron chi connectivity index (χ3n) is 5.51. The molecule has 7 nitrogen and oxygen atoms in total. The second-order valence-electron chi connectivity index (χ2n) is 7.98. The van der Waals surface area contributed by atoms with E-state index in [1.165, 1.54) is 0 Å². The average molecular weight is 374 g/mol. The Hall–Kier alpha value is -1.99. The maximum absolute atomic E-state index is 12.8. The SMILES string of the molecule is CC(C)CCNC(=O)C1CCN(C(=O)C2CC(c3ccncc3)NN2)CC1. The van der Waals surface area contributed by atoms with E-state index in [-0.39, 0.29) is 29.8 Å². The van der Waals surface area contributed by atoms with E-state index in [0.717, 1.165) is 37.8 Å². The van der Waals surface area contributed by atoms with Crippen molar-refractivity contribution in [1.82, 2.24) is 26.1 Å². The van der Waals surface area contributed by atoms with Gasteiger partial charge < -0.3 is 10.2 Å². The van der Waals surface area contributed by atoms with Crippen LogP contribution in [0.25, 0.3) is 0 Å². The van der Waals surface area contributed by atoms with Gasteiger partial charge in [-0.2, -0.15) is 0 Å². The zero-order valence-electron chi connectivity index (χ0n) is 16.3. The Morgan fingerprint density at radius 2 is 1.93 bits per heavy atom. The second-order valence-corrected chi connectivity index (χ2v) is 7.98. The number of piperidine rings is 1. The highest BCUT2D eigenvalue weighted by Crippen LogP contribution is 2.24. The fraction of sp³-hybridized carbons (Fsp3) is 0.650. The molecule has 1 aromatic heterocycles. The number of aromatic nitrogens is 1. The first-order valence-corrected chi connectivity index (χ1v) is 10.0. The molecule has 148 valence electrons. The second kappa shape index (κ2) is 9.28. The van der Waals surface area contributed by atoms with Crippen LogP contribution in [0.5, 0.6) is 0 Å². The lowest BCUT2D eigenvalue weighted by Gasteiger charge is -2.33. The van der Waals surface area contributed by atoms with Crippen LogP contribution >= 0.6 is 0 Å². The minimum Gasteiger partial charge on any atom is -0.356 e. The molecule has 0 aliphatic carbocycles. The molecule has 3 rings (SSSR count). The quantitative estimate of drug-likeness (QED) is 0.702. The Kier molecular flexibility index (Phi) is 6.79. The molecule has 2 atom stereocenters. The maximum Gasteiger partial charge on any atom is 0.241 e. The summed E-state index contributed by atoms with van der Waals surface area (Å²) in [5.41, 5.74) is 7.48. The lowest BCUT2D eigenvalue weighted by atomic mass is 9.94. The number of carbonyl (C=O) groups is 2. The highest BCUT2D eigenvalue weighted by atomic mass is 16.2. The van der Waals surface area contributed by atoms with Gasteiger partial charge in [0.05, 0.1) is 0 Å². The minimum absolute atomic E-state index is 0.0282. The number of amides is 2. The first kappa shape index (κ1) is 19.8. The number of nitrogens with one attached hydrogen (secondary N) is 3. The Labute approximate surface area is 161 Å². The van der Waals surface area contributed by atoms with Crippen LogP contribution in [-0.4, -0.2) is 47.4 Å². The normalized spacial score (nSPS) is 23.6. The van der Waals surface area contributed by atoms with Gasteiger partial charge >= 0.3 is 0 Å². The van der Waals surface area contributed by atoms with Gasteiger partial charge in [-0.3, -0.25) is 14.6 Å². The van der Waals surface area contributed by atoms with Gasteiger partial charge in [-0.15, -0.1) is 0 Å². The van der Waals surface area contributed by atoms with Gasteiger partial charge in [0.1, 0.15) is 6.04 Å². The molecule has 0 radical (unpaired) electrons. The third kappa shape index (κ3) is 5.26. The molecule has 2 aliphatic rings. The monoisotopic (exact) mass is 373 g/mol. The van der Waals surface area contributed by atoms with Gasteiger partial charge in [-0.05, 0) is 49.3 Å². The number of nitrogens with zero attached hydrogens (tertiary/aromatic N) is 2. The lowest BCUT2D eigenvalue weighted by Crippen LogP contribution is -2.49. The number of carbonyl (C=O) groups excluding carboxylic acids is 2. The molecule has 0 saturated carbocycles. The first-order chi connectivity index (χ1) is 13.0. The van der Waals surface area contributed by atoms with Crippen molar-refractivity contribution >= 4 is 11.8 Å². The summed E-state index contributed by atoms with van der Waals surface area (Å²) in [6.45, 7) is 6.35. The highest BCUT2D eigenvalue weighted by Gasteiger charge is 2.35. The molecule has 2 amide bonds. The molecule has 1 aromatic rings. The van der Waals surface area contributed by atoms with Crippen molar-refractivity contribution in [3.63, 3.8) is 0 Å². The molecule has 2 unspecified atom stereocenters. The lowest BCUT2D eigenvalue weighted by molar-refractivity contribution is -0.137. The van der Waals surface area contributed by atoms with Crippen molar-refractivity contribution < 1.29 is 9.59 Å². The van der Waals surface area contributed by atoms with E-state index in [0.29, 0.717) is 19.0 Å². The summed E-state index contributed by atoms with van der Waals surface area (Å²) in [4.78, 5) is 31.0. The molecule has 0 bridgehead atoms. The first-order valence-electron chi connectivity index (χ1n) is 10.0. The number of likely N-dealkylation sites (tertiary alicyclic amines) is 1. The minimum atomic E-state index is -0.223. The summed E-state index contributed by atoms with van der Waals surface area (Å²) < 4.78 is 0. The van der Waals surface area contributed by atoms with E-state index in [1.54, 1.807) is 12.4 Å². The van der Waals surface area contributed by atoms with Crippen molar-refractivity contribution in [3.8, 4) is 0 Å². The van der Waals surface area contributed by atoms with Gasteiger partial charge in [0.15, 0.2) is 0 Å². The predicted octanol–water partition coefficient (Wildman–Crippen LogP) is 1.39. The van der Waals surface area contributed by atoms with Crippen molar-refractivity contribution in [2.24, 2.45) is 11.8 Å². The van der Waals surface area contributed by atoms with E-state index < -0.39 is 0 Å². The summed E-state index contributed by atoms with van der Waals surface area (Å²) in [6, 6.07) is 3.83. The largest absolute Gasteiger partial charge is 0.356 e. The molecule has 2 aliphatic heterocycles. The maximum atomic E-state index is 12.8. The molecule has 0 aromatic carbocycles. The van der Waals surface area contributed by atoms with E-state index in [4.69, 9.17) is 0 Å². The van der Waals surface area contributed by atoms with Crippen LogP contribution < -0.4 is 16.2 Å². The van der Waals surface area contributed by atoms with Gasteiger partial charge in [-0.25, -0.2) is 10.9 Å². The van der Waals surface area contributed by atoms with Gasteiger partial charge in [0.2, 0.25) is 11.8 Å².